The first-order valence-electron chi connectivity index (χ1n) is 12.1. The summed E-state index contributed by atoms with van der Waals surface area (Å²) in [4.78, 5) is 18.2. The van der Waals surface area contributed by atoms with E-state index < -0.39 is 6.03 Å². The maximum Gasteiger partial charge on any atom is 0.325 e. The molecule has 4 N–H and O–H groups in total. The highest BCUT2D eigenvalue weighted by atomic mass is 16.5. The van der Waals surface area contributed by atoms with Gasteiger partial charge in [0, 0.05) is 36.5 Å². The molecule has 0 radical (unpaired) electrons. The fourth-order valence-corrected chi connectivity index (χ4v) is 3.70. The fraction of sp³-hybridized carbons (Fsp3) is 0.250. The number of hydrogen-bond donors (Lipinski definition) is 3. The first-order valence-corrected chi connectivity index (χ1v) is 12.1. The number of aromatic nitrogens is 3. The van der Waals surface area contributed by atoms with Crippen LogP contribution in [0.4, 0.5) is 22.0 Å². The molecular formula is C28H32N6O3. The van der Waals surface area contributed by atoms with Gasteiger partial charge in [-0.1, -0.05) is 20.8 Å². The molecule has 2 amide bonds. The van der Waals surface area contributed by atoms with Gasteiger partial charge in [-0.05, 0) is 67.1 Å². The van der Waals surface area contributed by atoms with Crippen LogP contribution < -0.4 is 20.7 Å². The van der Waals surface area contributed by atoms with E-state index in [0.717, 1.165) is 17.1 Å². The minimum absolute atomic E-state index is 0.136. The van der Waals surface area contributed by atoms with Gasteiger partial charge in [-0.2, -0.15) is 5.10 Å². The number of hydrogen-bond acceptors (Lipinski definition) is 6. The number of aliphatic hydroxyl groups is 1. The average Bonchev–Trinajstić information content (AvgIpc) is 3.32. The van der Waals surface area contributed by atoms with Gasteiger partial charge >= 0.3 is 6.03 Å². The lowest BCUT2D eigenvalue weighted by Gasteiger charge is -2.22. The maximum atomic E-state index is 12.8. The molecule has 9 nitrogen and oxygen atoms in total. The van der Waals surface area contributed by atoms with Crippen molar-refractivity contribution in [3.05, 3.63) is 84.8 Å². The van der Waals surface area contributed by atoms with Crippen molar-refractivity contribution >= 4 is 23.2 Å². The fourth-order valence-electron chi connectivity index (χ4n) is 3.70. The molecule has 2 heterocycles. The van der Waals surface area contributed by atoms with Gasteiger partial charge in [0.1, 0.15) is 17.3 Å². The Hall–Kier alpha value is -4.37. The largest absolute Gasteiger partial charge is 0.456 e. The topological polar surface area (TPSA) is 119 Å². The second-order valence-electron chi connectivity index (χ2n) is 9.56. The van der Waals surface area contributed by atoms with E-state index in [1.54, 1.807) is 47.4 Å². The van der Waals surface area contributed by atoms with Crippen LogP contribution in [0.3, 0.4) is 0 Å². The monoisotopic (exact) mass is 500 g/mol. The summed E-state index contributed by atoms with van der Waals surface area (Å²) in [7, 11) is 0. The summed E-state index contributed by atoms with van der Waals surface area (Å²) < 4.78 is 7.56. The summed E-state index contributed by atoms with van der Waals surface area (Å²) in [5, 5.41) is 17.1. The zero-order chi connectivity index (χ0) is 26.4. The Morgan fingerprint density at radius 1 is 1.08 bits per heavy atom. The number of nitrogens with two attached hydrogens (primary N) is 1. The number of carbonyl (C=O) groups is 1. The van der Waals surface area contributed by atoms with Gasteiger partial charge < -0.3 is 20.9 Å². The molecule has 0 saturated heterocycles. The molecule has 0 bridgehead atoms. The van der Waals surface area contributed by atoms with E-state index in [9.17, 15) is 4.79 Å². The van der Waals surface area contributed by atoms with Crippen molar-refractivity contribution < 1.29 is 14.6 Å². The van der Waals surface area contributed by atoms with Crippen molar-refractivity contribution in [2.75, 3.05) is 23.4 Å². The molecule has 192 valence electrons. The summed E-state index contributed by atoms with van der Waals surface area (Å²) in [6.07, 6.45) is 3.97. The van der Waals surface area contributed by atoms with Gasteiger partial charge in [-0.25, -0.2) is 14.4 Å². The summed E-state index contributed by atoms with van der Waals surface area (Å²) in [6.45, 7) is 7.01. The second kappa shape index (κ2) is 11.1. The Morgan fingerprint density at radius 2 is 1.81 bits per heavy atom. The van der Waals surface area contributed by atoms with Gasteiger partial charge in [0.25, 0.3) is 0 Å². The number of ether oxygens (including phenoxy) is 1. The smallest absolute Gasteiger partial charge is 0.325 e. The standard InChI is InChI=1S/C28H32N6O3/c1-28(2,3)25-18-26(34(32-25)22-9-7-20(8-10-22)31-16-5-17-35)33(27(29)36)21-11-13-23(14-12-21)37-24-6-4-15-30-19-24/h4,6-15,18-19,31,35H,5,16-17H2,1-3H3,(H2,29,36). The van der Waals surface area contributed by atoms with Crippen molar-refractivity contribution in [1.82, 2.24) is 14.8 Å². The van der Waals surface area contributed by atoms with Crippen molar-refractivity contribution in [2.24, 2.45) is 5.73 Å². The molecule has 0 atom stereocenters. The molecule has 4 rings (SSSR count). The van der Waals surface area contributed by atoms with E-state index >= 15 is 0 Å². The lowest BCUT2D eigenvalue weighted by molar-refractivity contribution is 0.256. The van der Waals surface area contributed by atoms with Crippen LogP contribution in [0.25, 0.3) is 5.69 Å². The Morgan fingerprint density at radius 3 is 2.41 bits per heavy atom. The predicted molar refractivity (Wildman–Crippen MR) is 145 cm³/mol. The Bertz CT molecular complexity index is 1310. The maximum absolute atomic E-state index is 12.8. The van der Waals surface area contributed by atoms with E-state index in [-0.39, 0.29) is 12.0 Å². The normalized spacial score (nSPS) is 11.2. The second-order valence-corrected chi connectivity index (χ2v) is 9.56. The number of primary amides is 1. The molecule has 37 heavy (non-hydrogen) atoms. The summed E-state index contributed by atoms with van der Waals surface area (Å²) in [5.41, 5.74) is 8.74. The molecule has 0 saturated carbocycles. The van der Waals surface area contributed by atoms with Gasteiger partial charge in [0.15, 0.2) is 0 Å². The van der Waals surface area contributed by atoms with E-state index in [0.29, 0.717) is 36.0 Å². The van der Waals surface area contributed by atoms with Crippen molar-refractivity contribution in [3.8, 4) is 17.2 Å². The van der Waals surface area contributed by atoms with Crippen LogP contribution in [0.5, 0.6) is 11.5 Å². The average molecular weight is 501 g/mol. The lowest BCUT2D eigenvalue weighted by atomic mass is 9.92. The molecule has 0 aliphatic rings. The van der Waals surface area contributed by atoms with Crippen LogP contribution >= 0.6 is 0 Å². The highest BCUT2D eigenvalue weighted by molar-refractivity contribution is 5.98. The summed E-state index contributed by atoms with van der Waals surface area (Å²) >= 11 is 0. The van der Waals surface area contributed by atoms with Crippen LogP contribution in [0, 0.1) is 0 Å². The Kier molecular flexibility index (Phi) is 7.74. The molecule has 0 fully saturated rings. The third-order valence-electron chi connectivity index (χ3n) is 5.65. The SMILES string of the molecule is CC(C)(C)c1cc(N(C(N)=O)c2ccc(Oc3cccnc3)cc2)n(-c2ccc(NCCCO)cc2)n1. The first kappa shape index (κ1) is 25.7. The summed E-state index contributed by atoms with van der Waals surface area (Å²) in [5.74, 6) is 1.75. The quantitative estimate of drug-likeness (QED) is 0.266. The third-order valence-corrected chi connectivity index (χ3v) is 5.65. The Labute approximate surface area is 216 Å². The number of nitrogens with one attached hydrogen (secondary N) is 1. The number of benzene rings is 2. The predicted octanol–water partition coefficient (Wildman–Crippen LogP) is 5.37. The van der Waals surface area contributed by atoms with Crippen molar-refractivity contribution in [3.63, 3.8) is 0 Å². The van der Waals surface area contributed by atoms with Crippen molar-refractivity contribution in [2.45, 2.75) is 32.6 Å². The first-order chi connectivity index (χ1) is 17.8. The van der Waals surface area contributed by atoms with Gasteiger partial charge in [0.2, 0.25) is 0 Å². The highest BCUT2D eigenvalue weighted by Gasteiger charge is 2.26. The minimum atomic E-state index is -0.634. The Balaban J connectivity index is 1.68. The van der Waals surface area contributed by atoms with Crippen LogP contribution in [0.2, 0.25) is 0 Å². The number of aliphatic hydroxyl groups excluding tert-OH is 1. The highest BCUT2D eigenvalue weighted by Crippen LogP contribution is 2.34. The molecule has 0 spiro atoms. The molecule has 0 unspecified atom stereocenters. The summed E-state index contributed by atoms with van der Waals surface area (Å²) in [6, 6.07) is 19.7. The number of rotatable bonds is 9. The van der Waals surface area contributed by atoms with E-state index in [1.807, 2.05) is 36.4 Å². The zero-order valence-corrected chi connectivity index (χ0v) is 21.3. The minimum Gasteiger partial charge on any atom is -0.456 e. The number of carbonyl (C=O) groups excluding carboxylic acids is 1. The number of urea groups is 1. The van der Waals surface area contributed by atoms with E-state index in [4.69, 9.17) is 20.7 Å². The number of pyridine rings is 1. The van der Waals surface area contributed by atoms with Gasteiger partial charge in [-0.3, -0.25) is 4.98 Å². The molecule has 2 aromatic heterocycles. The van der Waals surface area contributed by atoms with Gasteiger partial charge in [-0.15, -0.1) is 0 Å². The van der Waals surface area contributed by atoms with Crippen LogP contribution in [-0.2, 0) is 5.41 Å². The van der Waals surface area contributed by atoms with Crippen LogP contribution in [-0.4, -0.2) is 39.1 Å². The van der Waals surface area contributed by atoms with Crippen LogP contribution in [0.1, 0.15) is 32.9 Å². The molecule has 2 aromatic carbocycles. The number of nitrogens with zero attached hydrogens (tertiary/aromatic N) is 4. The molecule has 4 aromatic rings. The van der Waals surface area contributed by atoms with E-state index in [2.05, 4.69) is 31.1 Å². The molecule has 0 aliphatic heterocycles. The van der Waals surface area contributed by atoms with Gasteiger partial charge in [0.05, 0.1) is 23.3 Å². The van der Waals surface area contributed by atoms with E-state index in [1.165, 1.54) is 4.90 Å². The molecule has 0 aliphatic carbocycles. The number of amides is 2. The number of anilines is 3. The van der Waals surface area contributed by atoms with Crippen molar-refractivity contribution in [1.29, 1.82) is 0 Å². The molecular weight excluding hydrogens is 468 g/mol. The van der Waals surface area contributed by atoms with Crippen LogP contribution in [0.15, 0.2) is 79.1 Å². The lowest BCUT2D eigenvalue weighted by Crippen LogP contribution is -2.33. The zero-order valence-electron chi connectivity index (χ0n) is 21.3. The third kappa shape index (κ3) is 6.25. The molecule has 9 heteroatoms.